The van der Waals surface area contributed by atoms with Gasteiger partial charge in [-0.25, -0.2) is 0 Å². The van der Waals surface area contributed by atoms with Gasteiger partial charge in [-0.2, -0.15) is 5.10 Å². The van der Waals surface area contributed by atoms with Crippen LogP contribution in [0.5, 0.6) is 11.5 Å². The van der Waals surface area contributed by atoms with E-state index in [1.54, 1.807) is 11.8 Å². The number of ketones is 1. The second-order valence-corrected chi connectivity index (χ2v) is 6.29. The molecule has 1 aliphatic rings. The number of nitrogens with zero attached hydrogens (tertiary/aromatic N) is 2. The second kappa shape index (κ2) is 7.04. The Bertz CT molecular complexity index is 918. The Labute approximate surface area is 152 Å². The molecule has 5 heteroatoms. The summed E-state index contributed by atoms with van der Waals surface area (Å²) in [5.74, 6) is 1.43. The molecule has 0 saturated carbocycles. The number of aryl methyl sites for hydroxylation is 1. The van der Waals surface area contributed by atoms with E-state index in [4.69, 9.17) is 9.47 Å². The third kappa shape index (κ3) is 3.08. The first-order chi connectivity index (χ1) is 12.8. The van der Waals surface area contributed by atoms with Crippen molar-refractivity contribution >= 4 is 5.78 Å². The van der Waals surface area contributed by atoms with E-state index in [2.05, 4.69) is 5.10 Å². The Hall–Kier alpha value is -3.08. The summed E-state index contributed by atoms with van der Waals surface area (Å²) < 4.78 is 13.0. The highest BCUT2D eigenvalue weighted by atomic mass is 16.5. The van der Waals surface area contributed by atoms with Crippen molar-refractivity contribution in [2.24, 2.45) is 0 Å². The molecule has 5 nitrogen and oxygen atoms in total. The molecule has 0 fully saturated rings. The van der Waals surface area contributed by atoms with Crippen LogP contribution < -0.4 is 9.47 Å². The number of Topliss-reactive ketones (excluding diaryl/α,β-unsaturated/α-hetero) is 1. The number of benzene rings is 2. The van der Waals surface area contributed by atoms with Gasteiger partial charge in [0.05, 0.1) is 13.0 Å². The fourth-order valence-electron chi connectivity index (χ4n) is 3.40. The van der Waals surface area contributed by atoms with Crippen LogP contribution in [0.2, 0.25) is 0 Å². The van der Waals surface area contributed by atoms with Crippen LogP contribution >= 0.6 is 0 Å². The van der Waals surface area contributed by atoms with Crippen LogP contribution in [0.1, 0.15) is 34.1 Å². The van der Waals surface area contributed by atoms with Gasteiger partial charge >= 0.3 is 0 Å². The number of fused-ring (bicyclic) bond motifs is 1. The van der Waals surface area contributed by atoms with Crippen molar-refractivity contribution in [3.05, 3.63) is 77.6 Å². The molecular formula is C21H20N2O3. The molecule has 26 heavy (non-hydrogen) atoms. The normalized spacial score (nSPS) is 16.2. The summed E-state index contributed by atoms with van der Waals surface area (Å²) in [5, 5.41) is 4.53. The van der Waals surface area contributed by atoms with Gasteiger partial charge in [-0.3, -0.25) is 9.48 Å². The molecule has 4 rings (SSSR count). The summed E-state index contributed by atoms with van der Waals surface area (Å²) >= 11 is 0. The first-order valence-corrected chi connectivity index (χ1v) is 8.68. The number of rotatable bonds is 5. The van der Waals surface area contributed by atoms with Gasteiger partial charge in [0.15, 0.2) is 5.78 Å². The quantitative estimate of drug-likeness (QED) is 0.703. The largest absolute Gasteiger partial charge is 0.496 e. The SMILES string of the molecule is COc1ccccc1C1CCn2nc(COc3ccccc3)cc2C1=O. The highest BCUT2D eigenvalue weighted by Gasteiger charge is 2.32. The number of carbonyl (C=O) groups is 1. The van der Waals surface area contributed by atoms with Gasteiger partial charge in [0, 0.05) is 12.1 Å². The number of aromatic nitrogens is 2. The minimum atomic E-state index is -0.196. The summed E-state index contributed by atoms with van der Waals surface area (Å²) in [4.78, 5) is 13.0. The Balaban J connectivity index is 1.54. The van der Waals surface area contributed by atoms with Gasteiger partial charge in [0.2, 0.25) is 0 Å². The van der Waals surface area contributed by atoms with Crippen molar-refractivity contribution in [3.8, 4) is 11.5 Å². The minimum Gasteiger partial charge on any atom is -0.496 e. The standard InChI is InChI=1S/C21H20N2O3/c1-25-20-10-6-5-9-17(20)18-11-12-23-19(21(18)24)13-15(22-23)14-26-16-7-3-2-4-8-16/h2-10,13,18H,11-12,14H2,1H3. The van der Waals surface area contributed by atoms with E-state index < -0.39 is 0 Å². The van der Waals surface area contributed by atoms with Crippen molar-refractivity contribution < 1.29 is 14.3 Å². The number of para-hydroxylation sites is 2. The lowest BCUT2D eigenvalue weighted by Crippen LogP contribution is -2.25. The van der Waals surface area contributed by atoms with Crippen LogP contribution in [0.15, 0.2) is 60.7 Å². The van der Waals surface area contributed by atoms with E-state index in [-0.39, 0.29) is 11.7 Å². The summed E-state index contributed by atoms with van der Waals surface area (Å²) in [7, 11) is 1.63. The van der Waals surface area contributed by atoms with Gasteiger partial charge in [0.1, 0.15) is 29.5 Å². The Morgan fingerprint density at radius 1 is 1.12 bits per heavy atom. The molecule has 0 saturated heterocycles. The van der Waals surface area contributed by atoms with Crippen LogP contribution in [0.3, 0.4) is 0 Å². The highest BCUT2D eigenvalue weighted by Crippen LogP contribution is 2.34. The molecule has 0 N–H and O–H groups in total. The molecule has 1 atom stereocenters. The summed E-state index contributed by atoms with van der Waals surface area (Å²) in [6, 6.07) is 19.2. The smallest absolute Gasteiger partial charge is 0.188 e. The molecule has 1 unspecified atom stereocenters. The molecule has 0 aliphatic carbocycles. The Morgan fingerprint density at radius 2 is 1.88 bits per heavy atom. The lowest BCUT2D eigenvalue weighted by atomic mass is 9.87. The van der Waals surface area contributed by atoms with Crippen molar-refractivity contribution in [2.45, 2.75) is 25.5 Å². The minimum absolute atomic E-state index is 0.0826. The van der Waals surface area contributed by atoms with Crippen molar-refractivity contribution in [3.63, 3.8) is 0 Å². The summed E-state index contributed by atoms with van der Waals surface area (Å²) in [6.07, 6.45) is 0.715. The van der Waals surface area contributed by atoms with Crippen LogP contribution in [-0.2, 0) is 13.2 Å². The third-order valence-corrected chi connectivity index (χ3v) is 4.67. The Kier molecular flexibility index (Phi) is 4.44. The fourth-order valence-corrected chi connectivity index (χ4v) is 3.40. The maximum atomic E-state index is 13.0. The number of hydrogen-bond donors (Lipinski definition) is 0. The third-order valence-electron chi connectivity index (χ3n) is 4.67. The van der Waals surface area contributed by atoms with E-state index in [1.165, 1.54) is 0 Å². The van der Waals surface area contributed by atoms with E-state index in [0.29, 0.717) is 25.3 Å². The molecule has 3 aromatic rings. The van der Waals surface area contributed by atoms with Crippen molar-refractivity contribution in [1.82, 2.24) is 9.78 Å². The van der Waals surface area contributed by atoms with E-state index >= 15 is 0 Å². The molecule has 0 amide bonds. The molecule has 1 aliphatic heterocycles. The first kappa shape index (κ1) is 16.4. The zero-order chi connectivity index (χ0) is 17.9. The van der Waals surface area contributed by atoms with Gasteiger partial charge in [-0.05, 0) is 30.7 Å². The van der Waals surface area contributed by atoms with Crippen LogP contribution in [-0.4, -0.2) is 22.7 Å². The summed E-state index contributed by atoms with van der Waals surface area (Å²) in [6.45, 7) is 1.05. The topological polar surface area (TPSA) is 53.4 Å². The first-order valence-electron chi connectivity index (χ1n) is 8.68. The van der Waals surface area contributed by atoms with Crippen LogP contribution in [0.25, 0.3) is 0 Å². The zero-order valence-electron chi connectivity index (χ0n) is 14.6. The zero-order valence-corrected chi connectivity index (χ0v) is 14.6. The predicted octanol–water partition coefficient (Wildman–Crippen LogP) is 3.84. The molecule has 132 valence electrons. The van der Waals surface area contributed by atoms with E-state index in [9.17, 15) is 4.79 Å². The van der Waals surface area contributed by atoms with Crippen molar-refractivity contribution in [1.29, 1.82) is 0 Å². The van der Waals surface area contributed by atoms with Gasteiger partial charge in [-0.1, -0.05) is 36.4 Å². The highest BCUT2D eigenvalue weighted by molar-refractivity contribution is 6.00. The number of ether oxygens (including phenoxy) is 2. The predicted molar refractivity (Wildman–Crippen MR) is 97.7 cm³/mol. The molecule has 1 aromatic heterocycles. The summed E-state index contributed by atoms with van der Waals surface area (Å²) in [5.41, 5.74) is 2.34. The molecule has 2 heterocycles. The number of carbonyl (C=O) groups excluding carboxylic acids is 1. The van der Waals surface area contributed by atoms with Crippen molar-refractivity contribution in [2.75, 3.05) is 7.11 Å². The Morgan fingerprint density at radius 3 is 2.69 bits per heavy atom. The maximum Gasteiger partial charge on any atom is 0.188 e. The average molecular weight is 348 g/mol. The second-order valence-electron chi connectivity index (χ2n) is 6.29. The van der Waals surface area contributed by atoms with Crippen LogP contribution in [0.4, 0.5) is 0 Å². The molecule has 0 radical (unpaired) electrons. The monoisotopic (exact) mass is 348 g/mol. The molecular weight excluding hydrogens is 328 g/mol. The fraction of sp³-hybridized carbons (Fsp3) is 0.238. The van der Waals surface area contributed by atoms with E-state index in [0.717, 1.165) is 22.8 Å². The molecule has 0 spiro atoms. The van der Waals surface area contributed by atoms with Gasteiger partial charge < -0.3 is 9.47 Å². The van der Waals surface area contributed by atoms with Crippen LogP contribution in [0, 0.1) is 0 Å². The number of methoxy groups -OCH3 is 1. The molecule has 0 bridgehead atoms. The van der Waals surface area contributed by atoms with Gasteiger partial charge in [0.25, 0.3) is 0 Å². The number of hydrogen-bond acceptors (Lipinski definition) is 4. The van der Waals surface area contributed by atoms with E-state index in [1.807, 2.05) is 60.7 Å². The lowest BCUT2D eigenvalue weighted by molar-refractivity contribution is 0.0921. The van der Waals surface area contributed by atoms with Gasteiger partial charge in [-0.15, -0.1) is 0 Å². The average Bonchev–Trinajstić information content (AvgIpc) is 3.12. The molecule has 2 aromatic carbocycles. The maximum absolute atomic E-state index is 13.0. The lowest BCUT2D eigenvalue weighted by Gasteiger charge is -2.23.